The van der Waals surface area contributed by atoms with E-state index < -0.39 is 0 Å². The van der Waals surface area contributed by atoms with Crippen LogP contribution in [0, 0.1) is 11.2 Å². The predicted octanol–water partition coefficient (Wildman–Crippen LogP) is 5.24. The van der Waals surface area contributed by atoms with Gasteiger partial charge in [-0.2, -0.15) is 5.10 Å². The molecule has 2 atom stereocenters. The van der Waals surface area contributed by atoms with Gasteiger partial charge in [0.05, 0.1) is 23.6 Å². The number of benzene rings is 2. The molecule has 0 fully saturated rings. The largest absolute Gasteiger partial charge is 0.350 e. The lowest BCUT2D eigenvalue weighted by Gasteiger charge is -2.37. The van der Waals surface area contributed by atoms with E-state index in [0.29, 0.717) is 0 Å². The highest BCUT2D eigenvalue weighted by molar-refractivity contribution is 5.73. The second-order valence-electron chi connectivity index (χ2n) is 8.38. The first-order valence-corrected chi connectivity index (χ1v) is 10.2. The van der Waals surface area contributed by atoms with E-state index in [1.54, 1.807) is 19.1 Å². The molecule has 0 radical (unpaired) electrons. The number of rotatable bonds is 5. The van der Waals surface area contributed by atoms with Crippen molar-refractivity contribution in [2.24, 2.45) is 5.41 Å². The van der Waals surface area contributed by atoms with Gasteiger partial charge in [0, 0.05) is 6.92 Å². The van der Waals surface area contributed by atoms with Gasteiger partial charge in [0.25, 0.3) is 0 Å². The Kier molecular flexibility index (Phi) is 5.29. The molecule has 0 bridgehead atoms. The zero-order valence-corrected chi connectivity index (χ0v) is 17.5. The number of carbonyl (C=O) groups is 1. The summed E-state index contributed by atoms with van der Waals surface area (Å²) in [6.45, 7) is 5.95. The molecule has 0 aliphatic heterocycles. The van der Waals surface area contributed by atoms with Crippen LogP contribution >= 0.6 is 0 Å². The summed E-state index contributed by atoms with van der Waals surface area (Å²) in [5.74, 6) is -0.293. The Labute approximate surface area is 176 Å². The Morgan fingerprint density at radius 3 is 2.57 bits per heavy atom. The number of hydrogen-bond acceptors (Lipinski definition) is 2. The fourth-order valence-electron chi connectivity index (χ4n) is 4.28. The number of nitrogens with one attached hydrogen (secondary N) is 1. The maximum Gasteiger partial charge on any atom is 0.217 e. The lowest BCUT2D eigenvalue weighted by atomic mass is 9.69. The zero-order valence-electron chi connectivity index (χ0n) is 17.5. The Morgan fingerprint density at radius 2 is 1.90 bits per heavy atom. The number of fused-ring (bicyclic) bond motifs is 1. The average molecular weight is 404 g/mol. The number of hydrogen-bond donors (Lipinski definition) is 1. The molecule has 1 aliphatic rings. The first kappa shape index (κ1) is 20.1. The highest BCUT2D eigenvalue weighted by atomic mass is 19.1. The molecule has 1 amide bonds. The van der Waals surface area contributed by atoms with E-state index in [2.05, 4.69) is 42.5 Å². The molecule has 4 rings (SSSR count). The Bertz CT molecular complexity index is 1090. The molecule has 30 heavy (non-hydrogen) atoms. The van der Waals surface area contributed by atoms with Crippen molar-refractivity contribution in [2.45, 2.75) is 39.7 Å². The van der Waals surface area contributed by atoms with Gasteiger partial charge >= 0.3 is 0 Å². The summed E-state index contributed by atoms with van der Waals surface area (Å²) in [6.07, 6.45) is 5.69. The summed E-state index contributed by atoms with van der Waals surface area (Å²) in [5, 5.41) is 7.69. The normalized spacial score (nSPS) is 19.0. The van der Waals surface area contributed by atoms with Gasteiger partial charge < -0.3 is 5.32 Å². The molecule has 154 valence electrons. The van der Waals surface area contributed by atoms with Crippen LogP contribution in [0.5, 0.6) is 0 Å². The minimum absolute atomic E-state index is 0.0327. The molecule has 1 heterocycles. The van der Waals surface area contributed by atoms with Crippen LogP contribution in [0.15, 0.2) is 66.4 Å². The van der Waals surface area contributed by atoms with Crippen LogP contribution < -0.4 is 5.32 Å². The van der Waals surface area contributed by atoms with E-state index in [9.17, 15) is 9.18 Å². The third-order valence-electron chi connectivity index (χ3n) is 6.08. The number of carbonyl (C=O) groups excluding carboxylic acids is 1. The molecule has 1 aromatic heterocycles. The summed E-state index contributed by atoms with van der Waals surface area (Å²) < 4.78 is 15.2. The maximum absolute atomic E-state index is 13.3. The molecule has 5 heteroatoms. The van der Waals surface area contributed by atoms with E-state index in [1.165, 1.54) is 17.7 Å². The van der Waals surface area contributed by atoms with E-state index in [0.717, 1.165) is 35.3 Å². The number of nitrogens with zero attached hydrogens (tertiary/aromatic N) is 2. The van der Waals surface area contributed by atoms with Crippen LogP contribution in [0.3, 0.4) is 0 Å². The van der Waals surface area contributed by atoms with Gasteiger partial charge in [-0.1, -0.05) is 42.8 Å². The zero-order chi connectivity index (χ0) is 21.3. The van der Waals surface area contributed by atoms with Gasteiger partial charge in [-0.15, -0.1) is 0 Å². The van der Waals surface area contributed by atoms with E-state index in [1.807, 2.05) is 29.1 Å². The topological polar surface area (TPSA) is 46.9 Å². The summed E-state index contributed by atoms with van der Waals surface area (Å²) in [7, 11) is 0. The van der Waals surface area contributed by atoms with Crippen LogP contribution in [-0.2, 0) is 11.2 Å². The second kappa shape index (κ2) is 7.90. The minimum Gasteiger partial charge on any atom is -0.350 e. The first-order chi connectivity index (χ1) is 14.4. The van der Waals surface area contributed by atoms with Crippen LogP contribution in [-0.4, -0.2) is 15.7 Å². The summed E-state index contributed by atoms with van der Waals surface area (Å²) >= 11 is 0. The molecule has 1 aliphatic carbocycles. The Balaban J connectivity index is 1.65. The van der Waals surface area contributed by atoms with Gasteiger partial charge in [0.15, 0.2) is 0 Å². The predicted molar refractivity (Wildman–Crippen MR) is 117 cm³/mol. The van der Waals surface area contributed by atoms with Gasteiger partial charge in [0.1, 0.15) is 5.82 Å². The fraction of sp³-hybridized carbons (Fsp3) is 0.280. The maximum atomic E-state index is 13.3. The second-order valence-corrected chi connectivity index (χ2v) is 8.38. The van der Waals surface area contributed by atoms with Gasteiger partial charge in [-0.05, 0) is 66.6 Å². The monoisotopic (exact) mass is 403 g/mol. The highest BCUT2D eigenvalue weighted by Crippen LogP contribution is 2.44. The van der Waals surface area contributed by atoms with Crippen LogP contribution in [0.25, 0.3) is 11.8 Å². The van der Waals surface area contributed by atoms with E-state index in [4.69, 9.17) is 0 Å². The molecule has 0 spiro atoms. The number of allylic oxidation sites excluding steroid dienone is 1. The molecule has 3 aromatic rings. The molecule has 0 saturated heterocycles. The molecule has 1 unspecified atom stereocenters. The van der Waals surface area contributed by atoms with E-state index in [-0.39, 0.29) is 23.2 Å². The van der Waals surface area contributed by atoms with Crippen molar-refractivity contribution in [3.63, 3.8) is 0 Å². The third-order valence-corrected chi connectivity index (χ3v) is 6.08. The smallest absolute Gasteiger partial charge is 0.217 e. The number of aromatic nitrogens is 2. The summed E-state index contributed by atoms with van der Waals surface area (Å²) in [5.41, 5.74) is 5.26. The highest BCUT2D eigenvalue weighted by Gasteiger charge is 2.35. The van der Waals surface area contributed by atoms with Gasteiger partial charge in [-0.3, -0.25) is 4.79 Å². The van der Waals surface area contributed by atoms with Crippen molar-refractivity contribution in [1.82, 2.24) is 15.1 Å². The SMILES string of the molecule is CC(=O)NC(C[C@@]1(C)Cc2cnn(-c3ccc(F)cc3)c2C=C1C)c1ccccc1. The molecular formula is C25H26FN3O. The van der Waals surface area contributed by atoms with Crippen molar-refractivity contribution in [3.8, 4) is 5.69 Å². The van der Waals surface area contributed by atoms with Crippen molar-refractivity contribution in [1.29, 1.82) is 0 Å². The molecule has 2 aromatic carbocycles. The summed E-state index contributed by atoms with van der Waals surface area (Å²) in [6, 6.07) is 16.4. The van der Waals surface area contributed by atoms with Crippen molar-refractivity contribution in [3.05, 3.63) is 89.0 Å². The summed E-state index contributed by atoms with van der Waals surface area (Å²) in [4.78, 5) is 11.9. The van der Waals surface area contributed by atoms with Crippen molar-refractivity contribution < 1.29 is 9.18 Å². The lowest BCUT2D eigenvalue weighted by molar-refractivity contribution is -0.119. The van der Waals surface area contributed by atoms with Crippen molar-refractivity contribution >= 4 is 12.0 Å². The molecule has 1 N–H and O–H groups in total. The molecular weight excluding hydrogens is 377 g/mol. The Hall–Kier alpha value is -3.21. The number of amides is 1. The minimum atomic E-state index is -0.260. The number of halogens is 1. The average Bonchev–Trinajstić information content (AvgIpc) is 3.11. The first-order valence-electron chi connectivity index (χ1n) is 10.2. The van der Waals surface area contributed by atoms with Crippen LogP contribution in [0.1, 0.15) is 50.1 Å². The molecule has 4 nitrogen and oxygen atoms in total. The van der Waals surface area contributed by atoms with Gasteiger partial charge in [-0.25, -0.2) is 9.07 Å². The molecule has 0 saturated carbocycles. The third kappa shape index (κ3) is 3.92. The van der Waals surface area contributed by atoms with Gasteiger partial charge in [0.2, 0.25) is 5.91 Å². The lowest BCUT2D eigenvalue weighted by Crippen LogP contribution is -2.34. The standard InChI is InChI=1S/C25H26FN3O/c1-17-13-24-20(16-27-29(24)22-11-9-21(26)10-12-22)14-25(17,3)15-23(28-18(2)30)19-7-5-4-6-8-19/h4-13,16,23H,14-15H2,1-3H3,(H,28,30)/t23?,25-/m1/s1. The fourth-order valence-corrected chi connectivity index (χ4v) is 4.28. The Morgan fingerprint density at radius 1 is 1.20 bits per heavy atom. The van der Waals surface area contributed by atoms with E-state index >= 15 is 0 Å². The van der Waals surface area contributed by atoms with Crippen LogP contribution in [0.2, 0.25) is 0 Å². The quantitative estimate of drug-likeness (QED) is 0.633. The van der Waals surface area contributed by atoms with Crippen molar-refractivity contribution in [2.75, 3.05) is 0 Å². The van der Waals surface area contributed by atoms with Crippen LogP contribution in [0.4, 0.5) is 4.39 Å².